The Kier molecular flexibility index (Phi) is 4.71. The van der Waals surface area contributed by atoms with Gasteiger partial charge >= 0.3 is 6.18 Å². The van der Waals surface area contributed by atoms with Crippen LogP contribution < -0.4 is 0 Å². The summed E-state index contributed by atoms with van der Waals surface area (Å²) in [5.74, 6) is 1.12. The maximum Gasteiger partial charge on any atom is 0.426 e. The standard InChI is InChI=1S/C21H16F3N3O2S/c22-21(23,24)18-16(13-5-2-1-3-6-13)10-17(30-18)20-25-19(26-29-20)14-9-15(28-12-14)11-27-7-4-8-27/h1-3,5-6,9-10,12H,4,7-8,11H2. The number of hydrogen-bond donors (Lipinski definition) is 0. The summed E-state index contributed by atoms with van der Waals surface area (Å²) < 4.78 is 51.6. The minimum absolute atomic E-state index is 0.0492. The number of thiophene rings is 1. The quantitative estimate of drug-likeness (QED) is 0.391. The minimum Gasteiger partial charge on any atom is -0.467 e. The largest absolute Gasteiger partial charge is 0.467 e. The molecule has 0 N–H and O–H groups in total. The fourth-order valence-corrected chi connectivity index (χ4v) is 4.29. The second-order valence-electron chi connectivity index (χ2n) is 7.07. The van der Waals surface area contributed by atoms with Crippen molar-refractivity contribution in [1.29, 1.82) is 0 Å². The predicted octanol–water partition coefficient (Wildman–Crippen LogP) is 5.95. The second-order valence-corrected chi connectivity index (χ2v) is 8.12. The van der Waals surface area contributed by atoms with E-state index in [0.717, 1.165) is 18.8 Å². The van der Waals surface area contributed by atoms with E-state index < -0.39 is 11.1 Å². The number of halogens is 3. The zero-order valence-corrected chi connectivity index (χ0v) is 16.5. The summed E-state index contributed by atoms with van der Waals surface area (Å²) in [7, 11) is 0. The van der Waals surface area contributed by atoms with Gasteiger partial charge in [-0.3, -0.25) is 4.90 Å². The van der Waals surface area contributed by atoms with Crippen LogP contribution >= 0.6 is 11.3 Å². The van der Waals surface area contributed by atoms with E-state index in [1.54, 1.807) is 30.3 Å². The van der Waals surface area contributed by atoms with Crippen LogP contribution in [-0.4, -0.2) is 28.1 Å². The Morgan fingerprint density at radius 3 is 2.57 bits per heavy atom. The third kappa shape index (κ3) is 3.66. The maximum absolute atomic E-state index is 13.6. The van der Waals surface area contributed by atoms with Gasteiger partial charge in [-0.05, 0) is 37.2 Å². The van der Waals surface area contributed by atoms with Gasteiger partial charge in [-0.25, -0.2) is 0 Å². The van der Waals surface area contributed by atoms with E-state index in [9.17, 15) is 13.2 Å². The van der Waals surface area contributed by atoms with Gasteiger partial charge in [-0.1, -0.05) is 35.5 Å². The first-order chi connectivity index (χ1) is 14.5. The molecule has 0 aliphatic carbocycles. The Hall–Kier alpha value is -2.91. The minimum atomic E-state index is -4.48. The van der Waals surface area contributed by atoms with Crippen LogP contribution in [0.15, 0.2) is 57.7 Å². The second kappa shape index (κ2) is 7.41. The Morgan fingerprint density at radius 2 is 1.87 bits per heavy atom. The predicted molar refractivity (Wildman–Crippen MR) is 106 cm³/mol. The average Bonchev–Trinajstić information content (AvgIpc) is 3.43. The smallest absolute Gasteiger partial charge is 0.426 e. The van der Waals surface area contributed by atoms with Crippen molar-refractivity contribution in [1.82, 2.24) is 15.0 Å². The van der Waals surface area contributed by atoms with Gasteiger partial charge in [0.15, 0.2) is 0 Å². The monoisotopic (exact) mass is 431 g/mol. The molecule has 30 heavy (non-hydrogen) atoms. The first-order valence-corrected chi connectivity index (χ1v) is 10.2. The highest BCUT2D eigenvalue weighted by atomic mass is 32.1. The van der Waals surface area contributed by atoms with Gasteiger partial charge in [0.05, 0.1) is 17.0 Å². The fraction of sp³-hybridized carbons (Fsp3) is 0.238. The van der Waals surface area contributed by atoms with Gasteiger partial charge in [-0.15, -0.1) is 11.3 Å². The van der Waals surface area contributed by atoms with Crippen molar-refractivity contribution in [3.05, 3.63) is 59.4 Å². The van der Waals surface area contributed by atoms with E-state index in [-0.39, 0.29) is 22.2 Å². The normalized spacial score (nSPS) is 14.8. The Morgan fingerprint density at radius 1 is 1.07 bits per heavy atom. The third-order valence-corrected chi connectivity index (χ3v) is 6.12. The first-order valence-electron chi connectivity index (χ1n) is 9.38. The average molecular weight is 431 g/mol. The SMILES string of the molecule is FC(F)(F)c1sc(-c2nc(-c3coc(CN4CCC4)c3)no2)cc1-c1ccccc1. The molecule has 9 heteroatoms. The molecule has 1 aliphatic heterocycles. The molecule has 0 spiro atoms. The zero-order chi connectivity index (χ0) is 20.7. The highest BCUT2D eigenvalue weighted by Crippen LogP contribution is 2.45. The fourth-order valence-electron chi connectivity index (χ4n) is 3.32. The van der Waals surface area contributed by atoms with E-state index in [0.29, 0.717) is 29.0 Å². The number of alkyl halides is 3. The van der Waals surface area contributed by atoms with Crippen LogP contribution in [0.5, 0.6) is 0 Å². The Labute approximate surface area is 173 Å². The molecule has 1 fully saturated rings. The summed E-state index contributed by atoms with van der Waals surface area (Å²) >= 11 is 0.596. The van der Waals surface area contributed by atoms with Gasteiger partial charge < -0.3 is 8.94 Å². The van der Waals surface area contributed by atoms with Crippen LogP contribution in [0, 0.1) is 0 Å². The van der Waals surface area contributed by atoms with E-state index in [1.165, 1.54) is 18.8 Å². The molecule has 0 atom stereocenters. The van der Waals surface area contributed by atoms with E-state index >= 15 is 0 Å². The van der Waals surface area contributed by atoms with Crippen molar-refractivity contribution >= 4 is 11.3 Å². The lowest BCUT2D eigenvalue weighted by Crippen LogP contribution is -2.36. The molecule has 154 valence electrons. The summed E-state index contributed by atoms with van der Waals surface area (Å²) in [4.78, 5) is 6.13. The van der Waals surface area contributed by atoms with Crippen molar-refractivity contribution in [2.75, 3.05) is 13.1 Å². The van der Waals surface area contributed by atoms with Crippen molar-refractivity contribution in [2.24, 2.45) is 0 Å². The van der Waals surface area contributed by atoms with Crippen LogP contribution in [0.2, 0.25) is 0 Å². The number of likely N-dealkylation sites (tertiary alicyclic amines) is 1. The molecule has 4 heterocycles. The summed E-state index contributed by atoms with van der Waals surface area (Å²) in [6, 6.07) is 11.7. The molecule has 1 saturated heterocycles. The molecule has 0 bridgehead atoms. The lowest BCUT2D eigenvalue weighted by atomic mass is 10.1. The third-order valence-electron chi connectivity index (χ3n) is 4.95. The lowest BCUT2D eigenvalue weighted by Gasteiger charge is -2.29. The Balaban J connectivity index is 1.45. The van der Waals surface area contributed by atoms with Gasteiger partial charge in [0.1, 0.15) is 16.9 Å². The first kappa shape index (κ1) is 19.1. The van der Waals surface area contributed by atoms with E-state index in [2.05, 4.69) is 15.0 Å². The van der Waals surface area contributed by atoms with Gasteiger partial charge in [0.25, 0.3) is 5.89 Å². The number of furan rings is 1. The molecule has 3 aromatic heterocycles. The highest BCUT2D eigenvalue weighted by Gasteiger charge is 2.37. The highest BCUT2D eigenvalue weighted by molar-refractivity contribution is 7.16. The number of rotatable bonds is 5. The van der Waals surface area contributed by atoms with Crippen molar-refractivity contribution in [2.45, 2.75) is 19.1 Å². The molecule has 1 aliphatic rings. The maximum atomic E-state index is 13.6. The number of hydrogen-bond acceptors (Lipinski definition) is 6. The van der Waals surface area contributed by atoms with E-state index in [4.69, 9.17) is 8.94 Å². The zero-order valence-electron chi connectivity index (χ0n) is 15.6. The molecule has 4 aromatic rings. The van der Waals surface area contributed by atoms with Gasteiger partial charge in [0.2, 0.25) is 5.82 Å². The molecule has 1 aromatic carbocycles. The van der Waals surface area contributed by atoms with Crippen molar-refractivity contribution < 1.29 is 22.1 Å². The summed E-state index contributed by atoms with van der Waals surface area (Å²) in [5, 5.41) is 3.93. The van der Waals surface area contributed by atoms with E-state index in [1.807, 2.05) is 6.07 Å². The number of benzene rings is 1. The molecule has 0 amide bonds. The Bertz CT molecular complexity index is 1160. The van der Waals surface area contributed by atoms with Crippen molar-refractivity contribution in [3.8, 4) is 33.3 Å². The molecule has 5 nitrogen and oxygen atoms in total. The molecular weight excluding hydrogens is 415 g/mol. The van der Waals surface area contributed by atoms with Crippen molar-refractivity contribution in [3.63, 3.8) is 0 Å². The van der Waals surface area contributed by atoms with Gasteiger partial charge in [0, 0.05) is 5.56 Å². The summed E-state index contributed by atoms with van der Waals surface area (Å²) in [5.41, 5.74) is 1.22. The van der Waals surface area contributed by atoms with Crippen LogP contribution in [0.3, 0.4) is 0 Å². The number of nitrogens with zero attached hydrogens (tertiary/aromatic N) is 3. The van der Waals surface area contributed by atoms with Crippen LogP contribution in [0.4, 0.5) is 13.2 Å². The topological polar surface area (TPSA) is 55.3 Å². The van der Waals surface area contributed by atoms with Crippen LogP contribution in [-0.2, 0) is 12.7 Å². The van der Waals surface area contributed by atoms with Gasteiger partial charge in [-0.2, -0.15) is 18.2 Å². The molecular formula is C21H16F3N3O2S. The van der Waals surface area contributed by atoms with Crippen LogP contribution in [0.1, 0.15) is 17.1 Å². The molecule has 0 unspecified atom stereocenters. The van der Waals surface area contributed by atoms with Crippen LogP contribution in [0.25, 0.3) is 33.3 Å². The number of aromatic nitrogens is 2. The summed E-state index contributed by atoms with van der Waals surface area (Å²) in [6.07, 6.45) is -1.75. The lowest BCUT2D eigenvalue weighted by molar-refractivity contribution is -0.133. The molecule has 0 radical (unpaired) electrons. The molecule has 0 saturated carbocycles. The summed E-state index contributed by atoms with van der Waals surface area (Å²) in [6.45, 7) is 2.81. The molecule has 5 rings (SSSR count).